The maximum absolute atomic E-state index is 11.6. The van der Waals surface area contributed by atoms with Crippen LogP contribution in [-0.4, -0.2) is 36.4 Å². The summed E-state index contributed by atoms with van der Waals surface area (Å²) < 4.78 is 16.8. The van der Waals surface area contributed by atoms with Gasteiger partial charge in [0.05, 0.1) is 0 Å². The molecule has 5 heteroatoms. The van der Waals surface area contributed by atoms with Crippen LogP contribution in [0.1, 0.15) is 36.8 Å². The lowest BCUT2D eigenvalue weighted by atomic mass is 9.74. The molecule has 0 radical (unpaired) electrons. The second-order valence-electron chi connectivity index (χ2n) is 6.76. The molecule has 0 spiro atoms. The molecule has 1 saturated heterocycles. The number of carbonyl (C=O) groups excluding carboxylic acids is 1. The van der Waals surface area contributed by atoms with Crippen molar-refractivity contribution < 1.29 is 19.0 Å². The molecule has 1 aliphatic carbocycles. The Morgan fingerprint density at radius 2 is 2.13 bits per heavy atom. The summed E-state index contributed by atoms with van der Waals surface area (Å²) in [5.41, 5.74) is 4.03. The molecule has 3 atom stereocenters. The van der Waals surface area contributed by atoms with Gasteiger partial charge in [-0.05, 0) is 29.7 Å². The molecule has 4 aliphatic rings. The van der Waals surface area contributed by atoms with Gasteiger partial charge >= 0.3 is 5.97 Å². The monoisotopic (exact) mass is 313 g/mol. The summed E-state index contributed by atoms with van der Waals surface area (Å²) in [5, 5.41) is 0. The fourth-order valence-electron chi connectivity index (χ4n) is 4.64. The average molecular weight is 313 g/mol. The maximum Gasteiger partial charge on any atom is 0.302 e. The Kier molecular flexibility index (Phi) is 2.77. The van der Waals surface area contributed by atoms with Crippen molar-refractivity contribution in [2.45, 2.75) is 44.4 Å². The van der Waals surface area contributed by atoms with E-state index in [1.807, 2.05) is 0 Å². The van der Waals surface area contributed by atoms with Gasteiger partial charge in [-0.25, -0.2) is 0 Å². The van der Waals surface area contributed by atoms with Gasteiger partial charge in [-0.1, -0.05) is 11.6 Å². The predicted molar refractivity (Wildman–Crippen MR) is 82.4 cm³/mol. The van der Waals surface area contributed by atoms with Gasteiger partial charge in [0.25, 0.3) is 0 Å². The molecule has 23 heavy (non-hydrogen) atoms. The molecular weight excluding hydrogens is 294 g/mol. The first-order chi connectivity index (χ1) is 11.2. The number of nitrogens with zero attached hydrogens (tertiary/aromatic N) is 1. The Bertz CT molecular complexity index is 726. The smallest absolute Gasteiger partial charge is 0.302 e. The lowest BCUT2D eigenvalue weighted by Gasteiger charge is -2.44. The van der Waals surface area contributed by atoms with Crippen LogP contribution in [0.4, 0.5) is 0 Å². The van der Waals surface area contributed by atoms with Gasteiger partial charge in [0.15, 0.2) is 11.5 Å². The number of hydrogen-bond acceptors (Lipinski definition) is 5. The van der Waals surface area contributed by atoms with Crippen LogP contribution in [0, 0.1) is 0 Å². The van der Waals surface area contributed by atoms with E-state index in [-0.39, 0.29) is 24.8 Å². The molecule has 0 aromatic heterocycles. The molecule has 0 bridgehead atoms. The third kappa shape index (κ3) is 1.92. The van der Waals surface area contributed by atoms with Crippen LogP contribution in [0.2, 0.25) is 0 Å². The number of esters is 1. The van der Waals surface area contributed by atoms with Gasteiger partial charge in [-0.3, -0.25) is 9.69 Å². The van der Waals surface area contributed by atoms with Crippen LogP contribution >= 0.6 is 0 Å². The van der Waals surface area contributed by atoms with Crippen LogP contribution in [0.15, 0.2) is 23.8 Å². The van der Waals surface area contributed by atoms with E-state index in [0.29, 0.717) is 6.04 Å². The van der Waals surface area contributed by atoms with Crippen molar-refractivity contribution in [2.75, 3.05) is 13.3 Å². The Labute approximate surface area is 134 Å². The second-order valence-corrected chi connectivity index (χ2v) is 6.76. The van der Waals surface area contributed by atoms with Crippen LogP contribution in [0.3, 0.4) is 0 Å². The largest absolute Gasteiger partial charge is 0.462 e. The molecule has 0 amide bonds. The highest BCUT2D eigenvalue weighted by Gasteiger charge is 2.47. The molecule has 120 valence electrons. The van der Waals surface area contributed by atoms with Crippen LogP contribution < -0.4 is 9.47 Å². The molecule has 0 unspecified atom stereocenters. The fraction of sp³-hybridized carbons (Fsp3) is 0.500. The first-order valence-corrected chi connectivity index (χ1v) is 8.23. The van der Waals surface area contributed by atoms with Gasteiger partial charge in [0.1, 0.15) is 6.10 Å². The van der Waals surface area contributed by atoms with Crippen LogP contribution in [-0.2, 0) is 16.1 Å². The predicted octanol–water partition coefficient (Wildman–Crippen LogP) is 2.35. The van der Waals surface area contributed by atoms with E-state index < -0.39 is 0 Å². The Hall–Kier alpha value is -2.01. The molecule has 1 aromatic rings. The summed E-state index contributed by atoms with van der Waals surface area (Å²) in [6, 6.07) is 4.58. The Morgan fingerprint density at radius 3 is 2.96 bits per heavy atom. The van der Waals surface area contributed by atoms with Gasteiger partial charge in [-0.2, -0.15) is 0 Å². The zero-order valence-corrected chi connectivity index (χ0v) is 13.1. The van der Waals surface area contributed by atoms with Crippen molar-refractivity contribution in [1.82, 2.24) is 4.90 Å². The highest BCUT2D eigenvalue weighted by Crippen LogP contribution is 2.50. The minimum Gasteiger partial charge on any atom is -0.462 e. The SMILES string of the molecule is CC(=O)O[C@@H]1CC=C2CCN3Cc4cc5c(cc4[C@H]1[C@@H]23)OCO5. The third-order valence-corrected chi connectivity index (χ3v) is 5.50. The van der Waals surface area contributed by atoms with Crippen molar-refractivity contribution in [3.05, 3.63) is 34.9 Å². The molecule has 3 aliphatic heterocycles. The molecular formula is C18H19NO4. The molecule has 3 heterocycles. The molecule has 0 saturated carbocycles. The summed E-state index contributed by atoms with van der Waals surface area (Å²) >= 11 is 0. The highest BCUT2D eigenvalue weighted by atomic mass is 16.7. The summed E-state index contributed by atoms with van der Waals surface area (Å²) in [5.74, 6) is 1.63. The number of fused-ring (bicyclic) bond motifs is 3. The number of rotatable bonds is 1. The first kappa shape index (κ1) is 13.4. The zero-order chi connectivity index (χ0) is 15.6. The maximum atomic E-state index is 11.6. The van der Waals surface area contributed by atoms with Gasteiger partial charge < -0.3 is 14.2 Å². The average Bonchev–Trinajstić information content (AvgIpc) is 3.13. The number of ether oxygens (including phenoxy) is 3. The molecule has 1 aromatic carbocycles. The van der Waals surface area contributed by atoms with E-state index in [4.69, 9.17) is 14.2 Å². The van der Waals surface area contributed by atoms with Crippen molar-refractivity contribution in [2.24, 2.45) is 0 Å². The van der Waals surface area contributed by atoms with E-state index >= 15 is 0 Å². The lowest BCUT2D eigenvalue weighted by Crippen LogP contribution is -2.46. The molecule has 0 N–H and O–H groups in total. The fourth-order valence-corrected chi connectivity index (χ4v) is 4.64. The Balaban J connectivity index is 1.64. The molecule has 5 rings (SSSR count). The van der Waals surface area contributed by atoms with Crippen molar-refractivity contribution in [1.29, 1.82) is 0 Å². The van der Waals surface area contributed by atoms with Crippen LogP contribution in [0.5, 0.6) is 11.5 Å². The molecule has 5 nitrogen and oxygen atoms in total. The summed E-state index contributed by atoms with van der Waals surface area (Å²) in [6.07, 6.45) is 4.11. The van der Waals surface area contributed by atoms with Gasteiger partial charge in [0, 0.05) is 38.4 Å². The topological polar surface area (TPSA) is 48.0 Å². The lowest BCUT2D eigenvalue weighted by molar-refractivity contribution is -0.148. The van der Waals surface area contributed by atoms with E-state index in [9.17, 15) is 4.79 Å². The van der Waals surface area contributed by atoms with Gasteiger partial charge in [-0.15, -0.1) is 0 Å². The quantitative estimate of drug-likeness (QED) is 0.588. The first-order valence-electron chi connectivity index (χ1n) is 8.23. The van der Waals surface area contributed by atoms with E-state index in [1.165, 1.54) is 23.6 Å². The van der Waals surface area contributed by atoms with Crippen molar-refractivity contribution in [3.63, 3.8) is 0 Å². The normalized spacial score (nSPS) is 30.5. The van der Waals surface area contributed by atoms with Crippen LogP contribution in [0.25, 0.3) is 0 Å². The standard InChI is InChI=1S/C18H19NO4/c1-10(20)23-14-3-2-11-4-5-19-8-12-6-15-16(22-9-21-15)7-13(12)17(14)18(11)19/h2,6-7,14,17-18H,3-5,8-9H2,1H3/t14-,17-,18-/m1/s1. The minimum absolute atomic E-state index is 0.0960. The van der Waals surface area contributed by atoms with Crippen molar-refractivity contribution >= 4 is 5.97 Å². The van der Waals surface area contributed by atoms with E-state index in [2.05, 4.69) is 23.1 Å². The van der Waals surface area contributed by atoms with E-state index in [0.717, 1.165) is 37.4 Å². The summed E-state index contributed by atoms with van der Waals surface area (Å²) in [7, 11) is 0. The summed E-state index contributed by atoms with van der Waals surface area (Å²) in [4.78, 5) is 14.1. The number of hydrogen-bond donors (Lipinski definition) is 0. The van der Waals surface area contributed by atoms with Gasteiger partial charge in [0.2, 0.25) is 6.79 Å². The molecule has 1 fully saturated rings. The third-order valence-electron chi connectivity index (χ3n) is 5.50. The second kappa shape index (κ2) is 4.74. The Morgan fingerprint density at radius 1 is 1.30 bits per heavy atom. The zero-order valence-electron chi connectivity index (χ0n) is 13.1. The van der Waals surface area contributed by atoms with Crippen molar-refractivity contribution in [3.8, 4) is 11.5 Å². The van der Waals surface area contributed by atoms with E-state index in [1.54, 1.807) is 0 Å². The minimum atomic E-state index is -0.204. The highest BCUT2D eigenvalue weighted by molar-refractivity contribution is 5.66. The number of benzene rings is 1. The number of carbonyl (C=O) groups is 1. The summed E-state index contributed by atoms with van der Waals surface area (Å²) in [6.45, 7) is 3.79.